The van der Waals surface area contributed by atoms with Crippen molar-refractivity contribution >= 4 is 6.21 Å². The first kappa shape index (κ1) is 7.63. The largest absolute Gasteiger partial charge is 0.310 e. The zero-order valence-electron chi connectivity index (χ0n) is 5.52. The average Bonchev–Trinajstić information content (AvgIpc) is 1.66. The summed E-state index contributed by atoms with van der Waals surface area (Å²) in [5.74, 6) is 0. The fraction of sp³-hybridized carbons (Fsp3) is 0.833. The first-order chi connectivity index (χ1) is 3.77. The molecule has 47 valence electrons. The lowest BCUT2D eigenvalue weighted by atomic mass is 10.4. The van der Waals surface area contributed by atoms with Crippen LogP contribution in [0.5, 0.6) is 0 Å². The highest BCUT2D eigenvalue weighted by Gasteiger charge is 1.81. The minimum atomic E-state index is -0.0819. The van der Waals surface area contributed by atoms with E-state index in [0.29, 0.717) is 0 Å². The molecule has 0 aromatic rings. The maximum Gasteiger partial charge on any atom is 0.0944 e. The molecule has 0 amide bonds. The van der Waals surface area contributed by atoms with Gasteiger partial charge in [0.15, 0.2) is 0 Å². The van der Waals surface area contributed by atoms with Gasteiger partial charge < -0.3 is 5.73 Å². The second-order valence-electron chi connectivity index (χ2n) is 1.78. The van der Waals surface area contributed by atoms with Gasteiger partial charge in [0.1, 0.15) is 0 Å². The van der Waals surface area contributed by atoms with Crippen LogP contribution in [-0.2, 0) is 0 Å². The molecule has 0 aromatic heterocycles. The predicted molar refractivity (Wildman–Crippen MR) is 36.0 cm³/mol. The lowest BCUT2D eigenvalue weighted by Gasteiger charge is -1.91. The summed E-state index contributed by atoms with van der Waals surface area (Å²) in [6, 6.07) is 0. The number of hydrogen-bond acceptors (Lipinski definition) is 2. The molecule has 0 aromatic carbocycles. The molecule has 0 saturated carbocycles. The molecule has 0 rings (SSSR count). The Morgan fingerprint density at radius 2 is 2.38 bits per heavy atom. The van der Waals surface area contributed by atoms with E-state index < -0.39 is 0 Å². The van der Waals surface area contributed by atoms with Crippen molar-refractivity contribution in [3.8, 4) is 0 Å². The Morgan fingerprint density at radius 1 is 1.75 bits per heavy atom. The number of aliphatic imine (C=N–C) groups is 1. The fourth-order valence-corrected chi connectivity index (χ4v) is 0.320. The van der Waals surface area contributed by atoms with Crippen molar-refractivity contribution < 1.29 is 0 Å². The molecule has 0 saturated heterocycles. The molecule has 0 fully saturated rings. The van der Waals surface area contributed by atoms with Crippen molar-refractivity contribution in [1.82, 2.24) is 0 Å². The maximum atomic E-state index is 5.30. The molecule has 8 heavy (non-hydrogen) atoms. The molecule has 1 radical (unpaired) electrons. The van der Waals surface area contributed by atoms with Gasteiger partial charge >= 0.3 is 0 Å². The summed E-state index contributed by atoms with van der Waals surface area (Å²) in [5, 5.41) is 0. The third-order valence-electron chi connectivity index (χ3n) is 0.657. The number of nitrogens with zero attached hydrogens (tertiary/aromatic N) is 1. The number of rotatable bonds is 3. The highest BCUT2D eigenvalue weighted by molar-refractivity contribution is 5.57. The van der Waals surface area contributed by atoms with E-state index in [1.54, 1.807) is 0 Å². The molecule has 2 N–H and O–H groups in total. The maximum absolute atomic E-state index is 5.30. The SMILES string of the molecule is CCC/[C]=N/C(C)N. The van der Waals surface area contributed by atoms with Crippen LogP contribution in [0.1, 0.15) is 26.7 Å². The third kappa shape index (κ3) is 5.63. The smallest absolute Gasteiger partial charge is 0.0944 e. The average molecular weight is 113 g/mol. The quantitative estimate of drug-likeness (QED) is 0.545. The molecule has 2 nitrogen and oxygen atoms in total. The lowest BCUT2D eigenvalue weighted by Crippen LogP contribution is -2.10. The van der Waals surface area contributed by atoms with Crippen LogP contribution in [0.15, 0.2) is 4.99 Å². The normalized spacial score (nSPS) is 14.9. The van der Waals surface area contributed by atoms with E-state index in [1.165, 1.54) is 0 Å². The van der Waals surface area contributed by atoms with Gasteiger partial charge in [-0.05, 0) is 13.3 Å². The van der Waals surface area contributed by atoms with Crippen molar-refractivity contribution in [2.45, 2.75) is 32.9 Å². The minimum Gasteiger partial charge on any atom is -0.310 e. The Labute approximate surface area is 50.8 Å². The van der Waals surface area contributed by atoms with Gasteiger partial charge in [-0.2, -0.15) is 0 Å². The molecule has 2 heteroatoms. The van der Waals surface area contributed by atoms with Crippen LogP contribution < -0.4 is 5.73 Å². The summed E-state index contributed by atoms with van der Waals surface area (Å²) in [6.45, 7) is 3.92. The zero-order chi connectivity index (χ0) is 6.41. The standard InChI is InChI=1S/C6H13N2/c1-3-4-5-8-6(2)7/h6H,3-4,7H2,1-2H3. The molecule has 0 aliphatic rings. The Morgan fingerprint density at radius 3 is 2.75 bits per heavy atom. The Hall–Kier alpha value is -0.370. The molecule has 0 aliphatic heterocycles. The van der Waals surface area contributed by atoms with Crippen molar-refractivity contribution in [2.24, 2.45) is 10.7 Å². The first-order valence-corrected chi connectivity index (χ1v) is 2.95. The molecule has 0 spiro atoms. The Balaban J connectivity index is 3.07. The van der Waals surface area contributed by atoms with Crippen LogP contribution >= 0.6 is 0 Å². The molecule has 1 atom stereocenters. The summed E-state index contributed by atoms with van der Waals surface area (Å²) in [7, 11) is 0. The van der Waals surface area contributed by atoms with Gasteiger partial charge in [0.25, 0.3) is 0 Å². The van der Waals surface area contributed by atoms with E-state index in [2.05, 4.69) is 18.1 Å². The van der Waals surface area contributed by atoms with Gasteiger partial charge in [-0.15, -0.1) is 0 Å². The summed E-state index contributed by atoms with van der Waals surface area (Å²) in [4.78, 5) is 3.84. The summed E-state index contributed by atoms with van der Waals surface area (Å²) >= 11 is 0. The molecular weight excluding hydrogens is 100 g/mol. The molecule has 1 unspecified atom stereocenters. The second kappa shape index (κ2) is 4.78. The van der Waals surface area contributed by atoms with Crippen LogP contribution in [0.3, 0.4) is 0 Å². The molecule has 0 heterocycles. The molecule has 0 bridgehead atoms. The lowest BCUT2D eigenvalue weighted by molar-refractivity contribution is 0.790. The van der Waals surface area contributed by atoms with Crippen LogP contribution in [0.4, 0.5) is 0 Å². The number of unbranched alkanes of at least 4 members (excludes halogenated alkanes) is 1. The van der Waals surface area contributed by atoms with Crippen LogP contribution in [0, 0.1) is 0 Å². The van der Waals surface area contributed by atoms with Gasteiger partial charge in [-0.1, -0.05) is 13.3 Å². The number of nitrogens with two attached hydrogens (primary N) is 1. The van der Waals surface area contributed by atoms with Gasteiger partial charge in [-0.3, -0.25) is 4.99 Å². The van der Waals surface area contributed by atoms with Crippen molar-refractivity contribution in [3.63, 3.8) is 0 Å². The minimum absolute atomic E-state index is 0.0819. The molecular formula is C6H13N2. The van der Waals surface area contributed by atoms with Gasteiger partial charge in [0.2, 0.25) is 0 Å². The van der Waals surface area contributed by atoms with Gasteiger partial charge in [0, 0.05) is 0 Å². The topological polar surface area (TPSA) is 38.4 Å². The fourth-order valence-electron chi connectivity index (χ4n) is 0.320. The van der Waals surface area contributed by atoms with Crippen LogP contribution in [0.25, 0.3) is 0 Å². The zero-order valence-corrected chi connectivity index (χ0v) is 5.52. The van der Waals surface area contributed by atoms with E-state index in [9.17, 15) is 0 Å². The van der Waals surface area contributed by atoms with Crippen LogP contribution in [-0.4, -0.2) is 12.4 Å². The van der Waals surface area contributed by atoms with Crippen molar-refractivity contribution in [3.05, 3.63) is 0 Å². The van der Waals surface area contributed by atoms with Crippen LogP contribution in [0.2, 0.25) is 0 Å². The summed E-state index contributed by atoms with van der Waals surface area (Å²) in [6.07, 6.45) is 4.76. The predicted octanol–water partition coefficient (Wildman–Crippen LogP) is 1.04. The monoisotopic (exact) mass is 113 g/mol. The van der Waals surface area contributed by atoms with E-state index in [-0.39, 0.29) is 6.17 Å². The Bertz CT molecular complexity index is 66.9. The first-order valence-electron chi connectivity index (χ1n) is 2.95. The summed E-state index contributed by atoms with van der Waals surface area (Å²) < 4.78 is 0. The van der Waals surface area contributed by atoms with Crippen molar-refractivity contribution in [2.75, 3.05) is 0 Å². The van der Waals surface area contributed by atoms with E-state index in [4.69, 9.17) is 5.73 Å². The van der Waals surface area contributed by atoms with E-state index in [1.807, 2.05) is 6.92 Å². The Kier molecular flexibility index (Phi) is 4.56. The third-order valence-corrected chi connectivity index (χ3v) is 0.657. The second-order valence-corrected chi connectivity index (χ2v) is 1.78. The highest BCUT2D eigenvalue weighted by atomic mass is 14.9. The molecule has 0 aliphatic carbocycles. The van der Waals surface area contributed by atoms with Gasteiger partial charge in [-0.25, -0.2) is 0 Å². The summed E-state index contributed by atoms with van der Waals surface area (Å²) in [5.41, 5.74) is 5.30. The van der Waals surface area contributed by atoms with E-state index >= 15 is 0 Å². The van der Waals surface area contributed by atoms with Gasteiger partial charge in [0.05, 0.1) is 12.4 Å². The van der Waals surface area contributed by atoms with E-state index in [0.717, 1.165) is 12.8 Å². The highest BCUT2D eigenvalue weighted by Crippen LogP contribution is 1.82. The number of hydrogen-bond donors (Lipinski definition) is 1. The van der Waals surface area contributed by atoms with Crippen molar-refractivity contribution in [1.29, 1.82) is 0 Å².